The van der Waals surface area contributed by atoms with Crippen molar-refractivity contribution in [2.75, 3.05) is 12.4 Å². The van der Waals surface area contributed by atoms with Crippen molar-refractivity contribution in [2.24, 2.45) is 23.7 Å². The first kappa shape index (κ1) is 32.9. The molecule has 1 aliphatic rings. The molecular formula is C38H45N3O5. The summed E-state index contributed by atoms with van der Waals surface area (Å²) in [6.07, 6.45) is 5.18. The zero-order valence-corrected chi connectivity index (χ0v) is 27.7. The minimum absolute atomic E-state index is 0.154. The van der Waals surface area contributed by atoms with Crippen molar-refractivity contribution in [1.29, 1.82) is 0 Å². The summed E-state index contributed by atoms with van der Waals surface area (Å²) in [5, 5.41) is 13.0. The largest absolute Gasteiger partial charge is 0.481 e. The third kappa shape index (κ3) is 6.71. The molecule has 0 aliphatic heterocycles. The number of carbonyl (C=O) groups excluding carboxylic acids is 2. The van der Waals surface area contributed by atoms with E-state index in [9.17, 15) is 19.5 Å². The number of carboxylic acids is 1. The second-order valence-corrected chi connectivity index (χ2v) is 13.7. The molecule has 1 amide bonds. The molecule has 5 rings (SSSR count). The molecule has 4 aromatic rings. The van der Waals surface area contributed by atoms with Crippen molar-refractivity contribution in [3.8, 4) is 16.8 Å². The Kier molecular flexibility index (Phi) is 9.66. The van der Waals surface area contributed by atoms with Gasteiger partial charge in [0.15, 0.2) is 0 Å². The third-order valence-electron chi connectivity index (χ3n) is 9.78. The van der Waals surface area contributed by atoms with Gasteiger partial charge in [-0.1, -0.05) is 83.5 Å². The average Bonchev–Trinajstić information content (AvgIpc) is 3.46. The van der Waals surface area contributed by atoms with Gasteiger partial charge in [-0.2, -0.15) is 0 Å². The lowest BCUT2D eigenvalue weighted by molar-refractivity contribution is -0.146. The average molecular weight is 624 g/mol. The van der Waals surface area contributed by atoms with Crippen LogP contribution in [0.3, 0.4) is 0 Å². The van der Waals surface area contributed by atoms with Gasteiger partial charge < -0.3 is 15.2 Å². The van der Waals surface area contributed by atoms with Gasteiger partial charge in [-0.25, -0.2) is 9.78 Å². The second-order valence-electron chi connectivity index (χ2n) is 13.7. The maximum Gasteiger partial charge on any atom is 0.340 e. The van der Waals surface area contributed by atoms with Crippen LogP contribution in [0.4, 0.5) is 5.69 Å². The molecule has 46 heavy (non-hydrogen) atoms. The Hall–Kier alpha value is -4.46. The molecule has 0 spiro atoms. The first-order valence-corrected chi connectivity index (χ1v) is 16.2. The Bertz CT molecular complexity index is 1740. The van der Waals surface area contributed by atoms with Gasteiger partial charge in [0.2, 0.25) is 5.91 Å². The van der Waals surface area contributed by atoms with Crippen LogP contribution in [0.25, 0.3) is 27.8 Å². The summed E-state index contributed by atoms with van der Waals surface area (Å²) in [5.74, 6) is -1.36. The van der Waals surface area contributed by atoms with E-state index in [1.807, 2.05) is 53.1 Å². The lowest BCUT2D eigenvalue weighted by Crippen LogP contribution is -2.35. The lowest BCUT2D eigenvalue weighted by atomic mass is 9.68. The summed E-state index contributed by atoms with van der Waals surface area (Å²) in [6, 6.07) is 19.3. The van der Waals surface area contributed by atoms with E-state index in [0.717, 1.165) is 41.5 Å². The molecule has 1 aromatic heterocycles. The highest BCUT2D eigenvalue weighted by Gasteiger charge is 2.37. The molecule has 3 aromatic carbocycles. The maximum absolute atomic E-state index is 13.5. The van der Waals surface area contributed by atoms with Crippen LogP contribution in [0, 0.1) is 23.7 Å². The molecule has 4 atom stereocenters. The summed E-state index contributed by atoms with van der Waals surface area (Å²) in [7, 11) is 1.38. The number of benzene rings is 3. The summed E-state index contributed by atoms with van der Waals surface area (Å²) in [6.45, 7) is 10.6. The number of aliphatic carboxylic acids is 1. The quantitative estimate of drug-likeness (QED) is 0.182. The molecule has 2 N–H and O–H groups in total. The topological polar surface area (TPSA) is 111 Å². The van der Waals surface area contributed by atoms with Crippen molar-refractivity contribution < 1.29 is 24.2 Å². The van der Waals surface area contributed by atoms with Crippen LogP contribution in [0.5, 0.6) is 0 Å². The number of ether oxygens (including phenoxy) is 1. The van der Waals surface area contributed by atoms with Gasteiger partial charge in [0, 0.05) is 12.1 Å². The fourth-order valence-corrected chi connectivity index (χ4v) is 6.99. The van der Waals surface area contributed by atoms with Gasteiger partial charge in [0.25, 0.3) is 0 Å². The second kappa shape index (κ2) is 13.5. The number of hydrogen-bond donors (Lipinski definition) is 2. The third-order valence-corrected chi connectivity index (χ3v) is 9.78. The monoisotopic (exact) mass is 623 g/mol. The smallest absolute Gasteiger partial charge is 0.340 e. The number of rotatable bonds is 9. The van der Waals surface area contributed by atoms with Gasteiger partial charge in [0.05, 0.1) is 35.3 Å². The van der Waals surface area contributed by atoms with E-state index in [1.165, 1.54) is 7.11 Å². The molecule has 0 saturated heterocycles. The van der Waals surface area contributed by atoms with E-state index in [-0.39, 0.29) is 23.7 Å². The Morgan fingerprint density at radius 3 is 2.46 bits per heavy atom. The number of nitrogens with one attached hydrogen (secondary N) is 1. The van der Waals surface area contributed by atoms with Crippen molar-refractivity contribution in [1.82, 2.24) is 9.55 Å². The maximum atomic E-state index is 13.5. The number of fused-ring (bicyclic) bond motifs is 1. The molecule has 0 bridgehead atoms. The first-order chi connectivity index (χ1) is 21.9. The molecular weight excluding hydrogens is 578 g/mol. The van der Waals surface area contributed by atoms with E-state index in [2.05, 4.69) is 51.0 Å². The number of hydrogen-bond acceptors (Lipinski definition) is 5. The minimum atomic E-state index is -0.815. The molecule has 1 saturated carbocycles. The summed E-state index contributed by atoms with van der Waals surface area (Å²) in [5.41, 5.74) is 5.35. The van der Waals surface area contributed by atoms with Gasteiger partial charge in [0.1, 0.15) is 6.33 Å². The SMILES string of the molecule is CCC(C)C1CCC(CC(=O)Nc2ccc3ncn(-c4c(C(C)(C)C)ccc(-c5ccccc5)c4C(=O)OC)c3c2)C(C(=O)O)C1. The number of amides is 1. The van der Waals surface area contributed by atoms with Crippen LogP contribution in [0.1, 0.15) is 82.6 Å². The number of aromatic nitrogens is 2. The number of carboxylic acid groups (broad SMARTS) is 1. The normalized spacial score (nSPS) is 19.0. The van der Waals surface area contributed by atoms with E-state index >= 15 is 0 Å². The Labute approximate surface area is 271 Å². The van der Waals surface area contributed by atoms with Crippen LogP contribution in [-0.2, 0) is 19.7 Å². The number of carbonyl (C=O) groups is 3. The highest BCUT2D eigenvalue weighted by atomic mass is 16.5. The van der Waals surface area contributed by atoms with Crippen molar-refractivity contribution in [2.45, 2.75) is 72.1 Å². The van der Waals surface area contributed by atoms with E-state index < -0.39 is 17.9 Å². The van der Waals surface area contributed by atoms with Gasteiger partial charge in [-0.3, -0.25) is 14.2 Å². The molecule has 8 heteroatoms. The summed E-state index contributed by atoms with van der Waals surface area (Å²) in [4.78, 5) is 43.7. The number of anilines is 1. The fraction of sp³-hybridized carbons (Fsp3) is 0.421. The van der Waals surface area contributed by atoms with Gasteiger partial charge in [-0.05, 0) is 77.3 Å². The lowest BCUT2D eigenvalue weighted by Gasteiger charge is -2.36. The van der Waals surface area contributed by atoms with E-state index in [1.54, 1.807) is 12.4 Å². The number of methoxy groups -OCH3 is 1. The summed E-state index contributed by atoms with van der Waals surface area (Å²) >= 11 is 0. The van der Waals surface area contributed by atoms with E-state index in [4.69, 9.17) is 4.74 Å². The Morgan fingerprint density at radius 2 is 1.80 bits per heavy atom. The summed E-state index contributed by atoms with van der Waals surface area (Å²) < 4.78 is 7.25. The predicted molar refractivity (Wildman–Crippen MR) is 181 cm³/mol. The molecule has 8 nitrogen and oxygen atoms in total. The number of esters is 1. The molecule has 1 fully saturated rings. The predicted octanol–water partition coefficient (Wildman–Crippen LogP) is 8.27. The highest BCUT2D eigenvalue weighted by Crippen LogP contribution is 2.41. The number of nitrogens with zero attached hydrogens (tertiary/aromatic N) is 2. The van der Waals surface area contributed by atoms with Gasteiger partial charge >= 0.3 is 11.9 Å². The zero-order valence-electron chi connectivity index (χ0n) is 27.7. The molecule has 242 valence electrons. The minimum Gasteiger partial charge on any atom is -0.481 e. The van der Waals surface area contributed by atoms with Crippen molar-refractivity contribution in [3.63, 3.8) is 0 Å². The van der Waals surface area contributed by atoms with Crippen LogP contribution in [-0.4, -0.2) is 39.6 Å². The van der Waals surface area contributed by atoms with Crippen LogP contribution < -0.4 is 5.32 Å². The van der Waals surface area contributed by atoms with Gasteiger partial charge in [-0.15, -0.1) is 0 Å². The van der Waals surface area contributed by atoms with Crippen LogP contribution >= 0.6 is 0 Å². The Morgan fingerprint density at radius 1 is 1.07 bits per heavy atom. The molecule has 4 unspecified atom stereocenters. The van der Waals surface area contributed by atoms with Crippen molar-refractivity contribution >= 4 is 34.6 Å². The van der Waals surface area contributed by atoms with Crippen molar-refractivity contribution in [3.05, 3.63) is 78.1 Å². The molecule has 1 aliphatic carbocycles. The Balaban J connectivity index is 1.52. The number of imidazole rings is 1. The van der Waals surface area contributed by atoms with Crippen LogP contribution in [0.15, 0.2) is 67.0 Å². The highest BCUT2D eigenvalue weighted by molar-refractivity contribution is 6.03. The standard InChI is InChI=1S/C38H45N3O5/c1-7-23(2)25-13-14-26(29(19-25)36(43)44)20-33(42)40-27-15-18-31-32(21-27)41(22-39-31)35-30(38(3,4)5)17-16-28(34(35)37(45)46-6)24-11-9-8-10-12-24/h8-12,15-18,21-23,25-26,29H,7,13-14,19-20H2,1-6H3,(H,40,42)(H,43,44). The molecule has 1 heterocycles. The van der Waals surface area contributed by atoms with E-state index in [0.29, 0.717) is 40.7 Å². The first-order valence-electron chi connectivity index (χ1n) is 16.2. The fourth-order valence-electron chi connectivity index (χ4n) is 6.99. The van der Waals surface area contributed by atoms with Crippen LogP contribution in [0.2, 0.25) is 0 Å². The molecule has 0 radical (unpaired) electrons. The zero-order chi connectivity index (χ0) is 33.2.